The van der Waals surface area contributed by atoms with E-state index in [1.54, 1.807) is 6.08 Å². The van der Waals surface area contributed by atoms with Gasteiger partial charge in [-0.05, 0) is 19.4 Å². The Bertz CT molecular complexity index is 163. The van der Waals surface area contributed by atoms with Crippen molar-refractivity contribution >= 4 is 5.91 Å². The summed E-state index contributed by atoms with van der Waals surface area (Å²) in [7, 11) is 1.50. The molecule has 1 unspecified atom stereocenters. The number of hydrogen-bond donors (Lipinski definition) is 2. The summed E-state index contributed by atoms with van der Waals surface area (Å²) in [5, 5.41) is 11.5. The summed E-state index contributed by atoms with van der Waals surface area (Å²) in [4.78, 5) is 10.8. The molecule has 0 saturated carbocycles. The van der Waals surface area contributed by atoms with Crippen molar-refractivity contribution in [3.05, 3.63) is 11.6 Å². The Hall–Kier alpha value is -0.830. The maximum atomic E-state index is 10.8. The first-order chi connectivity index (χ1) is 5.11. The number of likely N-dealkylation sites (N-methyl/N-ethyl adjacent to an activating group) is 1. The van der Waals surface area contributed by atoms with Gasteiger partial charge < -0.3 is 10.4 Å². The fraction of sp³-hybridized carbons (Fsp3) is 0.625. The van der Waals surface area contributed by atoms with E-state index in [2.05, 4.69) is 5.32 Å². The molecular formula is C8H15NO2. The van der Waals surface area contributed by atoms with Crippen LogP contribution in [0.25, 0.3) is 0 Å². The fourth-order valence-electron chi connectivity index (χ4n) is 0.611. The SMILES string of the molecule is CC/C(C)=C/C(O)C(=O)NC. The van der Waals surface area contributed by atoms with E-state index in [-0.39, 0.29) is 5.91 Å². The first-order valence-electron chi connectivity index (χ1n) is 3.68. The molecule has 11 heavy (non-hydrogen) atoms. The third-order valence-electron chi connectivity index (χ3n) is 1.52. The van der Waals surface area contributed by atoms with Gasteiger partial charge in [-0.3, -0.25) is 4.79 Å². The predicted molar refractivity (Wildman–Crippen MR) is 44.1 cm³/mol. The van der Waals surface area contributed by atoms with Crippen LogP contribution in [0, 0.1) is 0 Å². The molecule has 0 fully saturated rings. The van der Waals surface area contributed by atoms with Crippen molar-refractivity contribution in [3.8, 4) is 0 Å². The molecule has 0 aromatic heterocycles. The predicted octanol–water partition coefficient (Wildman–Crippen LogP) is 0.450. The molecule has 2 N–H and O–H groups in total. The smallest absolute Gasteiger partial charge is 0.252 e. The molecule has 3 nitrogen and oxygen atoms in total. The van der Waals surface area contributed by atoms with Crippen LogP contribution in [0.15, 0.2) is 11.6 Å². The molecule has 1 amide bonds. The maximum Gasteiger partial charge on any atom is 0.252 e. The van der Waals surface area contributed by atoms with Gasteiger partial charge in [-0.1, -0.05) is 12.5 Å². The number of aliphatic hydroxyl groups is 1. The Morgan fingerprint density at radius 2 is 2.27 bits per heavy atom. The highest BCUT2D eigenvalue weighted by Crippen LogP contribution is 2.00. The highest BCUT2D eigenvalue weighted by Gasteiger charge is 2.08. The molecule has 64 valence electrons. The Kier molecular flexibility index (Phi) is 4.54. The average Bonchev–Trinajstić information content (AvgIpc) is 2.02. The third kappa shape index (κ3) is 3.78. The highest BCUT2D eigenvalue weighted by atomic mass is 16.3. The van der Waals surface area contributed by atoms with Crippen molar-refractivity contribution in [2.24, 2.45) is 0 Å². The zero-order valence-electron chi connectivity index (χ0n) is 7.22. The summed E-state index contributed by atoms with van der Waals surface area (Å²) in [6.07, 6.45) is 1.41. The molecule has 0 aromatic rings. The summed E-state index contributed by atoms with van der Waals surface area (Å²) >= 11 is 0. The summed E-state index contributed by atoms with van der Waals surface area (Å²) in [6, 6.07) is 0. The van der Waals surface area contributed by atoms with Gasteiger partial charge >= 0.3 is 0 Å². The van der Waals surface area contributed by atoms with Crippen molar-refractivity contribution in [1.82, 2.24) is 5.32 Å². The lowest BCUT2D eigenvalue weighted by atomic mass is 10.1. The lowest BCUT2D eigenvalue weighted by Gasteiger charge is -2.04. The van der Waals surface area contributed by atoms with Crippen LogP contribution in [0.3, 0.4) is 0 Å². The fourth-order valence-corrected chi connectivity index (χ4v) is 0.611. The lowest BCUT2D eigenvalue weighted by molar-refractivity contribution is -0.126. The van der Waals surface area contributed by atoms with Crippen LogP contribution in [-0.2, 0) is 4.79 Å². The number of nitrogens with one attached hydrogen (secondary N) is 1. The molecule has 0 aliphatic carbocycles. The third-order valence-corrected chi connectivity index (χ3v) is 1.52. The highest BCUT2D eigenvalue weighted by molar-refractivity contribution is 5.82. The molecule has 1 atom stereocenters. The second kappa shape index (κ2) is 4.91. The van der Waals surface area contributed by atoms with Gasteiger partial charge in [-0.15, -0.1) is 0 Å². The van der Waals surface area contributed by atoms with Crippen LogP contribution in [-0.4, -0.2) is 24.2 Å². The average molecular weight is 157 g/mol. The molecule has 0 aromatic carbocycles. The quantitative estimate of drug-likeness (QED) is 0.584. The molecule has 0 aliphatic heterocycles. The van der Waals surface area contributed by atoms with Gasteiger partial charge in [0.25, 0.3) is 5.91 Å². The van der Waals surface area contributed by atoms with Gasteiger partial charge in [0.1, 0.15) is 0 Å². The molecule has 0 saturated heterocycles. The van der Waals surface area contributed by atoms with Gasteiger partial charge in [-0.25, -0.2) is 0 Å². The van der Waals surface area contributed by atoms with E-state index in [9.17, 15) is 4.79 Å². The topological polar surface area (TPSA) is 49.3 Å². The molecule has 0 radical (unpaired) electrons. The van der Waals surface area contributed by atoms with Gasteiger partial charge in [0.05, 0.1) is 0 Å². The normalized spacial score (nSPS) is 14.4. The minimum atomic E-state index is -1.00. The van der Waals surface area contributed by atoms with Crippen LogP contribution < -0.4 is 5.32 Å². The van der Waals surface area contributed by atoms with Gasteiger partial charge in [-0.2, -0.15) is 0 Å². The first-order valence-corrected chi connectivity index (χ1v) is 3.68. The number of hydrogen-bond acceptors (Lipinski definition) is 2. The van der Waals surface area contributed by atoms with E-state index < -0.39 is 6.10 Å². The van der Waals surface area contributed by atoms with E-state index in [1.165, 1.54) is 7.05 Å². The summed E-state index contributed by atoms with van der Waals surface area (Å²) < 4.78 is 0. The Balaban J connectivity index is 4.04. The van der Waals surface area contributed by atoms with Crippen molar-refractivity contribution in [2.45, 2.75) is 26.4 Å². The summed E-state index contributed by atoms with van der Waals surface area (Å²) in [6.45, 7) is 3.86. The van der Waals surface area contributed by atoms with E-state index in [4.69, 9.17) is 5.11 Å². The second-order valence-corrected chi connectivity index (χ2v) is 2.43. The number of aliphatic hydroxyl groups excluding tert-OH is 1. The van der Waals surface area contributed by atoms with Gasteiger partial charge in [0, 0.05) is 7.05 Å². The van der Waals surface area contributed by atoms with Crippen LogP contribution in [0.4, 0.5) is 0 Å². The standard InChI is InChI=1S/C8H15NO2/c1-4-6(2)5-7(10)8(11)9-3/h5,7,10H,4H2,1-3H3,(H,9,11)/b6-5+. The zero-order valence-corrected chi connectivity index (χ0v) is 7.22. The Labute approximate surface area is 67.1 Å². The van der Waals surface area contributed by atoms with E-state index in [1.807, 2.05) is 13.8 Å². The molecular weight excluding hydrogens is 142 g/mol. The summed E-state index contributed by atoms with van der Waals surface area (Å²) in [5.41, 5.74) is 1.01. The van der Waals surface area contributed by atoms with Crippen molar-refractivity contribution in [1.29, 1.82) is 0 Å². The van der Waals surface area contributed by atoms with E-state index in [0.717, 1.165) is 12.0 Å². The van der Waals surface area contributed by atoms with Crippen LogP contribution >= 0.6 is 0 Å². The second-order valence-electron chi connectivity index (χ2n) is 2.43. The molecule has 0 heterocycles. The van der Waals surface area contributed by atoms with Crippen LogP contribution in [0.1, 0.15) is 20.3 Å². The van der Waals surface area contributed by atoms with Gasteiger partial charge in [0.2, 0.25) is 0 Å². The Morgan fingerprint density at radius 1 is 1.73 bits per heavy atom. The number of carbonyl (C=O) groups excluding carboxylic acids is 1. The number of carbonyl (C=O) groups is 1. The number of amides is 1. The molecule has 0 aliphatic rings. The molecule has 0 bridgehead atoms. The minimum absolute atomic E-state index is 0.363. The van der Waals surface area contributed by atoms with Crippen molar-refractivity contribution in [2.75, 3.05) is 7.05 Å². The van der Waals surface area contributed by atoms with E-state index >= 15 is 0 Å². The van der Waals surface area contributed by atoms with E-state index in [0.29, 0.717) is 0 Å². The largest absolute Gasteiger partial charge is 0.379 e. The molecule has 0 rings (SSSR count). The molecule has 0 spiro atoms. The van der Waals surface area contributed by atoms with Crippen molar-refractivity contribution < 1.29 is 9.90 Å². The number of rotatable bonds is 3. The summed E-state index contributed by atoms with van der Waals surface area (Å²) in [5.74, 6) is -0.363. The molecule has 3 heteroatoms. The minimum Gasteiger partial charge on any atom is -0.379 e. The number of allylic oxidation sites excluding steroid dienone is 1. The first kappa shape index (κ1) is 10.2. The van der Waals surface area contributed by atoms with Crippen LogP contribution in [0.2, 0.25) is 0 Å². The maximum absolute atomic E-state index is 10.8. The zero-order chi connectivity index (χ0) is 8.85. The lowest BCUT2D eigenvalue weighted by Crippen LogP contribution is -2.30. The van der Waals surface area contributed by atoms with Crippen molar-refractivity contribution in [3.63, 3.8) is 0 Å². The van der Waals surface area contributed by atoms with Gasteiger partial charge in [0.15, 0.2) is 6.10 Å². The Morgan fingerprint density at radius 3 is 2.64 bits per heavy atom. The van der Waals surface area contributed by atoms with Crippen LogP contribution in [0.5, 0.6) is 0 Å². The monoisotopic (exact) mass is 157 g/mol.